The number of nitrogens with two attached hydrogens (primary N) is 1. The van der Waals surface area contributed by atoms with Gasteiger partial charge in [-0.1, -0.05) is 50.3 Å². The number of anilines is 2. The van der Waals surface area contributed by atoms with Gasteiger partial charge in [-0.15, -0.1) is 10.2 Å². The standard InChI is InChI=1S/C94H121N27O10/c1-7-34-115(86(125)56-96-55-69-58-120(109-107-69)38-14-32-97-85(124)19-13-49-131-74-17-11-16-66(50-74)92-100-76-29-23-68(52-80(76)104-92)94-102-78-31-25-72(54-82(78)106-94)114-46-42-112(6)43-47-114)61-87(126)116(35-8-2)62-88(127)117(36-9-3)63-89(128)118(37-10-4)64-90(129)119(60-83(95)122)57-70-59-121(110-108-70)39-15-33-98-84(123)18-12-48-130-73-26-20-65(21-27-73)91-99-75-28-22-67(51-79(75)103-91)93-101-77-30-24-71(53-81(77)105-93)113-44-40-111(5)41-45-113/h11,16-17,20-31,50-54,58-59,96H,7-10,12-15,18-19,32-49,55-57,60-64H2,1-6H3,(H2,95,122)(H,97,124)(H,98,123)(H,99,103)(H,100,104)(H,101,105)(H,102,106). The number of hydrogen-bond acceptors (Lipinski definition) is 23. The molecule has 0 atom stereocenters. The second-order valence-electron chi connectivity index (χ2n) is 33.7. The highest BCUT2D eigenvalue weighted by Crippen LogP contribution is 2.33. The van der Waals surface area contributed by atoms with Crippen molar-refractivity contribution in [1.29, 1.82) is 0 Å². The average Bonchev–Trinajstić information content (AvgIpc) is 1.64. The summed E-state index contributed by atoms with van der Waals surface area (Å²) in [6, 6.07) is 40.4. The molecule has 0 saturated carbocycles. The van der Waals surface area contributed by atoms with Crippen molar-refractivity contribution >= 4 is 103 Å². The number of nitrogens with zero attached hydrogens (tertiary/aromatic N) is 19. The molecule has 2 saturated heterocycles. The third kappa shape index (κ3) is 25.9. The van der Waals surface area contributed by atoms with Crippen LogP contribution in [0.2, 0.25) is 0 Å². The first-order valence-corrected chi connectivity index (χ1v) is 45.7. The Morgan fingerprint density at radius 1 is 0.420 bits per heavy atom. The van der Waals surface area contributed by atoms with Crippen LogP contribution in [0.15, 0.2) is 134 Å². The highest BCUT2D eigenvalue weighted by Gasteiger charge is 2.30. The number of imidazole rings is 4. The molecule has 131 heavy (non-hydrogen) atoms. The molecule has 14 rings (SSSR count). The van der Waals surface area contributed by atoms with E-state index >= 15 is 0 Å². The number of amides is 8. The van der Waals surface area contributed by atoms with Crippen molar-refractivity contribution in [3.8, 4) is 57.1 Å². The third-order valence-electron chi connectivity index (χ3n) is 23.3. The average molecular weight is 1790 g/mol. The molecule has 12 aromatic rings. The number of likely N-dealkylation sites (N-methyl/N-ethyl adjacent to an activating group) is 2. The first kappa shape index (κ1) is 93.5. The number of hydrogen-bond donors (Lipinski definition) is 8. The van der Waals surface area contributed by atoms with Crippen LogP contribution in [0.25, 0.3) is 89.7 Å². The molecule has 9 N–H and O–H groups in total. The normalized spacial score (nSPS) is 13.2. The van der Waals surface area contributed by atoms with Crippen LogP contribution in [0.1, 0.15) is 103 Å². The third-order valence-corrected chi connectivity index (χ3v) is 23.3. The fraction of sp³-hybridized carbons (Fsp3) is 0.447. The van der Waals surface area contributed by atoms with Crippen LogP contribution < -0.4 is 41.0 Å². The molecule has 37 heteroatoms. The van der Waals surface area contributed by atoms with Gasteiger partial charge < -0.3 is 95.2 Å². The molecule has 2 fully saturated rings. The van der Waals surface area contributed by atoms with Gasteiger partial charge in [0.1, 0.15) is 40.5 Å². The Morgan fingerprint density at radius 3 is 1.32 bits per heavy atom. The summed E-state index contributed by atoms with van der Waals surface area (Å²) in [7, 11) is 4.32. The molecule has 8 amide bonds. The summed E-state index contributed by atoms with van der Waals surface area (Å²) in [5.41, 5.74) is 19.9. The summed E-state index contributed by atoms with van der Waals surface area (Å²) in [6.45, 7) is 16.9. The maximum absolute atomic E-state index is 14.2. The molecule has 37 nitrogen and oxygen atoms in total. The number of carbonyl (C=O) groups is 8. The number of carbonyl (C=O) groups excluding carboxylic acids is 8. The van der Waals surface area contributed by atoms with E-state index in [9.17, 15) is 38.4 Å². The number of ether oxygens (including phenoxy) is 2. The van der Waals surface area contributed by atoms with Crippen molar-refractivity contribution in [3.63, 3.8) is 0 Å². The molecule has 6 aromatic carbocycles. The van der Waals surface area contributed by atoms with Crippen LogP contribution >= 0.6 is 0 Å². The minimum absolute atomic E-state index is 0.0880. The Bertz CT molecular complexity index is 5880. The van der Waals surface area contributed by atoms with Crippen molar-refractivity contribution in [2.75, 3.05) is 168 Å². The highest BCUT2D eigenvalue weighted by atomic mass is 16.5. The summed E-state index contributed by atoms with van der Waals surface area (Å²) in [4.78, 5) is 158. The summed E-state index contributed by atoms with van der Waals surface area (Å²) < 4.78 is 15.3. The SMILES string of the molecule is CCCN(CC(=O)N(CCC)CC(=O)N(CCC)CC(=O)N(CCC)CC(=O)N(CC(N)=O)Cc1cn(CCCNC(=O)CCCOc2ccc(-c3nc4ccc(-c5nc6cc(N7CCN(C)CC7)ccc6[nH]5)cc4[nH]3)cc2)nn1)C(=O)CNCc1cn(CCCNC(=O)CCCOc2cccc(-c3nc4ccc(-c5nc6cc(N7CCN(C)CC7)ccc6[nH]5)cc4[nH]3)c2)nn1. The summed E-state index contributed by atoms with van der Waals surface area (Å²) >= 11 is 0. The second-order valence-corrected chi connectivity index (χ2v) is 33.7. The van der Waals surface area contributed by atoms with Crippen LogP contribution in [-0.4, -0.2) is 310 Å². The van der Waals surface area contributed by atoms with E-state index in [2.05, 4.69) is 139 Å². The van der Waals surface area contributed by atoms with Gasteiger partial charge >= 0.3 is 0 Å². The van der Waals surface area contributed by atoms with Crippen molar-refractivity contribution in [1.82, 2.24) is 120 Å². The number of aromatic amines is 4. The number of fused-ring (bicyclic) bond motifs is 4. The lowest BCUT2D eigenvalue weighted by molar-refractivity contribution is -0.147. The van der Waals surface area contributed by atoms with Gasteiger partial charge in [0.25, 0.3) is 0 Å². The van der Waals surface area contributed by atoms with Gasteiger partial charge in [-0.2, -0.15) is 0 Å². The van der Waals surface area contributed by atoms with E-state index in [0.717, 1.165) is 136 Å². The molecular formula is C94H121N27O10. The van der Waals surface area contributed by atoms with E-state index in [1.165, 1.54) is 35.9 Å². The number of rotatable bonds is 48. The number of nitrogens with one attached hydrogen (secondary N) is 7. The van der Waals surface area contributed by atoms with Crippen LogP contribution in [0.4, 0.5) is 11.4 Å². The minimum Gasteiger partial charge on any atom is -0.494 e. The monoisotopic (exact) mass is 1790 g/mol. The molecular weight excluding hydrogens is 1670 g/mol. The predicted molar refractivity (Wildman–Crippen MR) is 501 cm³/mol. The topological polar surface area (TPSA) is 422 Å². The maximum atomic E-state index is 14.2. The van der Waals surface area contributed by atoms with Crippen LogP contribution in [0, 0.1) is 0 Å². The Kier molecular flexibility index (Phi) is 32.5. The summed E-state index contributed by atoms with van der Waals surface area (Å²) in [5.74, 6) is 1.06. The molecule has 692 valence electrons. The van der Waals surface area contributed by atoms with Crippen LogP contribution in [-0.2, 0) is 64.5 Å². The van der Waals surface area contributed by atoms with Gasteiger partial charge in [-0.3, -0.25) is 47.7 Å². The highest BCUT2D eigenvalue weighted by molar-refractivity contribution is 5.94. The molecule has 2 aliphatic heterocycles. The number of primary amides is 1. The lowest BCUT2D eigenvalue weighted by atomic mass is 10.2. The number of benzene rings is 6. The Labute approximate surface area is 760 Å². The first-order valence-electron chi connectivity index (χ1n) is 45.7. The molecule has 2 aliphatic rings. The number of H-pyrrole nitrogens is 4. The maximum Gasteiger partial charge on any atom is 0.243 e. The van der Waals surface area contributed by atoms with E-state index in [1.54, 1.807) is 21.8 Å². The Morgan fingerprint density at radius 2 is 0.840 bits per heavy atom. The Balaban J connectivity index is 0.457. The van der Waals surface area contributed by atoms with Gasteiger partial charge in [-0.05, 0) is 175 Å². The first-order chi connectivity index (χ1) is 63.7. The van der Waals surface area contributed by atoms with Crippen LogP contribution in [0.5, 0.6) is 11.5 Å². The number of aromatic nitrogens is 14. The molecule has 8 heterocycles. The van der Waals surface area contributed by atoms with E-state index in [0.29, 0.717) is 119 Å². The Hall–Kier alpha value is -13.7. The van der Waals surface area contributed by atoms with Gasteiger partial charge in [0, 0.05) is 164 Å². The fourth-order valence-electron chi connectivity index (χ4n) is 16.1. The number of aryl methyl sites for hydroxylation is 2. The van der Waals surface area contributed by atoms with Gasteiger partial charge in [-0.25, -0.2) is 19.9 Å². The zero-order chi connectivity index (χ0) is 91.7. The van der Waals surface area contributed by atoms with Crippen molar-refractivity contribution in [2.24, 2.45) is 5.73 Å². The van der Waals surface area contributed by atoms with Crippen molar-refractivity contribution in [3.05, 3.63) is 145 Å². The van der Waals surface area contributed by atoms with Crippen LogP contribution in [0.3, 0.4) is 0 Å². The van der Waals surface area contributed by atoms with E-state index in [4.69, 9.17) is 35.1 Å². The number of piperazine rings is 2. The van der Waals surface area contributed by atoms with E-state index in [-0.39, 0.29) is 96.0 Å². The largest absolute Gasteiger partial charge is 0.494 e. The molecule has 0 unspecified atom stereocenters. The van der Waals surface area contributed by atoms with Crippen molar-refractivity contribution < 1.29 is 47.8 Å². The lowest BCUT2D eigenvalue weighted by Crippen LogP contribution is -2.51. The van der Waals surface area contributed by atoms with Gasteiger partial charge in [0.05, 0.1) is 115 Å². The summed E-state index contributed by atoms with van der Waals surface area (Å²) in [6.07, 6.45) is 8.15. The van der Waals surface area contributed by atoms with E-state index in [1.807, 2.05) is 100 Å². The molecule has 0 spiro atoms. The molecule has 0 radical (unpaired) electrons. The summed E-state index contributed by atoms with van der Waals surface area (Å²) in [5, 5.41) is 26.0. The fourth-order valence-corrected chi connectivity index (χ4v) is 16.1. The quantitative estimate of drug-likeness (QED) is 0.0168. The molecule has 0 bridgehead atoms. The molecule has 0 aliphatic carbocycles. The predicted octanol–water partition coefficient (Wildman–Crippen LogP) is 7.84. The van der Waals surface area contributed by atoms with E-state index < -0.39 is 42.6 Å². The van der Waals surface area contributed by atoms with Crippen molar-refractivity contribution in [2.45, 2.75) is 118 Å². The zero-order valence-corrected chi connectivity index (χ0v) is 75.8. The minimum atomic E-state index is -0.778. The van der Waals surface area contributed by atoms with Gasteiger partial charge in [0.15, 0.2) is 0 Å². The second kappa shape index (κ2) is 45.5. The smallest absolute Gasteiger partial charge is 0.243 e. The zero-order valence-electron chi connectivity index (χ0n) is 75.8. The molecule has 6 aromatic heterocycles. The lowest BCUT2D eigenvalue weighted by Gasteiger charge is -2.34. The van der Waals surface area contributed by atoms with Gasteiger partial charge in [0.2, 0.25) is 47.3 Å².